The molecule has 0 amide bonds. The topological polar surface area (TPSA) is 84.3 Å². The van der Waals surface area contributed by atoms with Gasteiger partial charge in [0.2, 0.25) is 0 Å². The second-order valence-electron chi connectivity index (χ2n) is 6.07. The number of rotatable bonds is 10. The zero-order chi connectivity index (χ0) is 18.7. The van der Waals surface area contributed by atoms with Crippen LogP contribution in [0.1, 0.15) is 26.3 Å². The van der Waals surface area contributed by atoms with Crippen LogP contribution in [0.4, 0.5) is 0 Å². The maximum atomic E-state index is 8.86. The van der Waals surface area contributed by atoms with Gasteiger partial charge in [0.1, 0.15) is 6.61 Å². The second kappa shape index (κ2) is 13.0. The quantitative estimate of drug-likeness (QED) is 0.270. The van der Waals surface area contributed by atoms with Crippen LogP contribution in [0.3, 0.4) is 0 Å². The molecule has 0 heterocycles. The summed E-state index contributed by atoms with van der Waals surface area (Å²) in [5.41, 5.74) is 0.724. The van der Waals surface area contributed by atoms with Crippen molar-refractivity contribution in [2.45, 2.75) is 32.9 Å². The largest absolute Gasteiger partial charge is 0.493 e. The summed E-state index contributed by atoms with van der Waals surface area (Å²) in [4.78, 5) is 4.59. The normalized spacial score (nSPS) is 11.5. The van der Waals surface area contributed by atoms with Crippen LogP contribution >= 0.6 is 24.0 Å². The minimum Gasteiger partial charge on any atom is -0.493 e. The highest BCUT2D eigenvalue weighted by Crippen LogP contribution is 2.28. The summed E-state index contributed by atoms with van der Waals surface area (Å²) in [5.74, 6) is 1.96. The second-order valence-corrected chi connectivity index (χ2v) is 6.07. The molecule has 0 aliphatic heterocycles. The van der Waals surface area contributed by atoms with Crippen LogP contribution in [0.5, 0.6) is 11.5 Å². The zero-order valence-corrected chi connectivity index (χ0v) is 18.6. The first-order valence-corrected chi connectivity index (χ1v) is 8.43. The SMILES string of the molecule is CCNC(=NCc1ccc(OCCO)c(OC)c1)NCC(C)(C)OC.I. The van der Waals surface area contributed by atoms with Crippen molar-refractivity contribution in [1.29, 1.82) is 0 Å². The van der Waals surface area contributed by atoms with Crippen LogP contribution in [-0.2, 0) is 11.3 Å². The Morgan fingerprint density at radius 2 is 1.92 bits per heavy atom. The van der Waals surface area contributed by atoms with E-state index in [1.165, 1.54) is 0 Å². The van der Waals surface area contributed by atoms with Crippen molar-refractivity contribution in [2.75, 3.05) is 40.5 Å². The number of methoxy groups -OCH3 is 2. The Morgan fingerprint density at radius 1 is 1.19 bits per heavy atom. The number of aliphatic hydroxyl groups is 1. The van der Waals surface area contributed by atoms with Crippen LogP contribution in [0.15, 0.2) is 23.2 Å². The van der Waals surface area contributed by atoms with Crippen LogP contribution in [0.2, 0.25) is 0 Å². The molecule has 7 nitrogen and oxygen atoms in total. The van der Waals surface area contributed by atoms with E-state index in [1.54, 1.807) is 14.2 Å². The predicted molar refractivity (Wildman–Crippen MR) is 115 cm³/mol. The van der Waals surface area contributed by atoms with Gasteiger partial charge in [-0.05, 0) is 38.5 Å². The van der Waals surface area contributed by atoms with Crippen LogP contribution in [0.25, 0.3) is 0 Å². The number of ether oxygens (including phenoxy) is 3. The number of halogens is 1. The summed E-state index contributed by atoms with van der Waals surface area (Å²) in [5, 5.41) is 15.4. The van der Waals surface area contributed by atoms with Gasteiger partial charge >= 0.3 is 0 Å². The maximum Gasteiger partial charge on any atom is 0.191 e. The minimum atomic E-state index is -0.273. The Bertz CT molecular complexity index is 553. The van der Waals surface area contributed by atoms with E-state index in [0.717, 1.165) is 18.1 Å². The molecule has 0 saturated heterocycles. The van der Waals surface area contributed by atoms with E-state index in [2.05, 4.69) is 15.6 Å². The number of aliphatic hydroxyl groups excluding tert-OH is 1. The van der Waals surface area contributed by atoms with Crippen LogP contribution in [0, 0.1) is 0 Å². The summed E-state index contributed by atoms with van der Waals surface area (Å²) in [7, 11) is 3.28. The molecule has 0 spiro atoms. The van der Waals surface area contributed by atoms with Gasteiger partial charge in [-0.25, -0.2) is 4.99 Å². The number of benzene rings is 1. The predicted octanol–water partition coefficient (Wildman–Crippen LogP) is 2.16. The molecule has 1 aromatic rings. The van der Waals surface area contributed by atoms with Gasteiger partial charge in [-0.1, -0.05) is 6.07 Å². The zero-order valence-electron chi connectivity index (χ0n) is 16.3. The molecule has 0 fully saturated rings. The van der Waals surface area contributed by atoms with Crippen molar-refractivity contribution in [3.8, 4) is 11.5 Å². The third-order valence-electron chi connectivity index (χ3n) is 3.57. The fraction of sp³-hybridized carbons (Fsp3) is 0.611. The summed E-state index contributed by atoms with van der Waals surface area (Å²) >= 11 is 0. The molecule has 0 bridgehead atoms. The van der Waals surface area contributed by atoms with E-state index in [4.69, 9.17) is 19.3 Å². The van der Waals surface area contributed by atoms with Crippen molar-refractivity contribution >= 4 is 29.9 Å². The summed E-state index contributed by atoms with van der Waals surface area (Å²) < 4.78 is 16.2. The lowest BCUT2D eigenvalue weighted by molar-refractivity contribution is 0.0268. The van der Waals surface area contributed by atoms with Gasteiger partial charge < -0.3 is 30.0 Å². The molecule has 8 heteroatoms. The molecular weight excluding hydrogens is 449 g/mol. The average molecular weight is 481 g/mol. The van der Waals surface area contributed by atoms with E-state index >= 15 is 0 Å². The molecule has 0 aromatic heterocycles. The van der Waals surface area contributed by atoms with Gasteiger partial charge in [0.15, 0.2) is 17.5 Å². The maximum absolute atomic E-state index is 8.86. The Kier molecular flexibility index (Phi) is 12.4. The van der Waals surface area contributed by atoms with Gasteiger partial charge in [-0.3, -0.25) is 0 Å². The molecule has 26 heavy (non-hydrogen) atoms. The van der Waals surface area contributed by atoms with Crippen molar-refractivity contribution in [3.05, 3.63) is 23.8 Å². The van der Waals surface area contributed by atoms with Gasteiger partial charge in [0.25, 0.3) is 0 Å². The van der Waals surface area contributed by atoms with Crippen molar-refractivity contribution in [1.82, 2.24) is 10.6 Å². The first-order valence-electron chi connectivity index (χ1n) is 8.43. The molecule has 150 valence electrons. The highest BCUT2D eigenvalue weighted by molar-refractivity contribution is 14.0. The lowest BCUT2D eigenvalue weighted by Crippen LogP contribution is -2.45. The van der Waals surface area contributed by atoms with Gasteiger partial charge in [-0.2, -0.15) is 0 Å². The number of guanidine groups is 1. The number of hydrogen-bond donors (Lipinski definition) is 3. The summed E-state index contributed by atoms with van der Waals surface area (Å²) in [6, 6.07) is 5.65. The van der Waals surface area contributed by atoms with E-state index < -0.39 is 0 Å². The number of nitrogens with zero attached hydrogens (tertiary/aromatic N) is 1. The molecule has 1 aromatic carbocycles. The fourth-order valence-electron chi connectivity index (χ4n) is 1.97. The van der Waals surface area contributed by atoms with Gasteiger partial charge in [0.05, 0.1) is 25.9 Å². The van der Waals surface area contributed by atoms with Crippen molar-refractivity contribution in [2.24, 2.45) is 4.99 Å². The fourth-order valence-corrected chi connectivity index (χ4v) is 1.97. The number of aliphatic imine (C=N–C) groups is 1. The summed E-state index contributed by atoms with van der Waals surface area (Å²) in [6.45, 7) is 8.17. The first kappa shape index (κ1) is 24.7. The third kappa shape index (κ3) is 8.91. The number of nitrogens with one attached hydrogen (secondary N) is 2. The van der Waals surface area contributed by atoms with E-state index in [-0.39, 0.29) is 42.8 Å². The Labute approximate surface area is 173 Å². The smallest absolute Gasteiger partial charge is 0.191 e. The molecule has 0 unspecified atom stereocenters. The lowest BCUT2D eigenvalue weighted by Gasteiger charge is -2.24. The molecule has 0 aliphatic carbocycles. The molecule has 1 rings (SSSR count). The Hall–Kier alpha value is -1.26. The standard InChI is InChI=1S/C18H31N3O4.HI/c1-6-19-17(21-13-18(2,3)24-5)20-12-14-7-8-15(25-10-9-22)16(11-14)23-4;/h7-8,11,22H,6,9-10,12-13H2,1-5H3,(H2,19,20,21);1H. The molecule has 0 atom stereocenters. The lowest BCUT2D eigenvalue weighted by atomic mass is 10.1. The summed E-state index contributed by atoms with van der Waals surface area (Å²) in [6.07, 6.45) is 0. The third-order valence-corrected chi connectivity index (χ3v) is 3.57. The molecule has 0 aliphatic rings. The Balaban J connectivity index is 0.00000625. The van der Waals surface area contributed by atoms with E-state index in [1.807, 2.05) is 39.0 Å². The highest BCUT2D eigenvalue weighted by Gasteiger charge is 2.16. The first-order chi connectivity index (χ1) is 12.0. The van der Waals surface area contributed by atoms with Crippen LogP contribution < -0.4 is 20.1 Å². The van der Waals surface area contributed by atoms with Crippen molar-refractivity contribution in [3.63, 3.8) is 0 Å². The molecule has 0 radical (unpaired) electrons. The van der Waals surface area contributed by atoms with Crippen molar-refractivity contribution < 1.29 is 19.3 Å². The van der Waals surface area contributed by atoms with E-state index in [0.29, 0.717) is 24.6 Å². The highest BCUT2D eigenvalue weighted by atomic mass is 127. The molecule has 3 N–H and O–H groups in total. The van der Waals surface area contributed by atoms with E-state index in [9.17, 15) is 0 Å². The minimum absolute atomic E-state index is 0. The van der Waals surface area contributed by atoms with Gasteiger partial charge in [-0.15, -0.1) is 24.0 Å². The molecule has 0 saturated carbocycles. The number of hydrogen-bond acceptors (Lipinski definition) is 5. The van der Waals surface area contributed by atoms with Gasteiger partial charge in [0, 0.05) is 20.2 Å². The molecular formula is C18H32IN3O4. The average Bonchev–Trinajstić information content (AvgIpc) is 2.62. The Morgan fingerprint density at radius 3 is 2.50 bits per heavy atom. The van der Waals surface area contributed by atoms with Crippen LogP contribution in [-0.4, -0.2) is 57.2 Å². The monoisotopic (exact) mass is 481 g/mol.